The first-order valence-corrected chi connectivity index (χ1v) is 6.50. The quantitative estimate of drug-likeness (QED) is 0.920. The van der Waals surface area contributed by atoms with E-state index in [1.165, 1.54) is 0 Å². The number of furan rings is 1. The molecule has 0 bridgehead atoms. The van der Waals surface area contributed by atoms with Gasteiger partial charge in [-0.05, 0) is 32.9 Å². The lowest BCUT2D eigenvalue weighted by atomic mass is 10.3. The van der Waals surface area contributed by atoms with Crippen LogP contribution in [0.25, 0.3) is 0 Å². The number of carbonyl (C=O) groups is 1. The highest BCUT2D eigenvalue weighted by Gasteiger charge is 2.16. The number of hydrogen-bond acceptors (Lipinski definition) is 3. The number of aryl methyl sites for hydroxylation is 3. The fourth-order valence-electron chi connectivity index (χ4n) is 2.05. The first-order valence-electron chi connectivity index (χ1n) is 6.50. The van der Waals surface area contributed by atoms with Crippen LogP contribution >= 0.6 is 0 Å². The third-order valence-electron chi connectivity index (χ3n) is 3.15. The molecule has 0 unspecified atom stereocenters. The Bertz CT molecular complexity index is 596. The number of hydrogen-bond donors (Lipinski definition) is 1. The fraction of sp³-hybridized carbons (Fsp3) is 0.429. The van der Waals surface area contributed by atoms with Gasteiger partial charge in [0, 0.05) is 13.0 Å². The van der Waals surface area contributed by atoms with Gasteiger partial charge in [-0.15, -0.1) is 0 Å². The number of carbonyl (C=O) groups excluding carboxylic acids is 1. The van der Waals surface area contributed by atoms with Gasteiger partial charge in [0.05, 0.1) is 17.1 Å². The van der Waals surface area contributed by atoms with Gasteiger partial charge in [-0.2, -0.15) is 5.10 Å². The molecule has 102 valence electrons. The van der Waals surface area contributed by atoms with E-state index in [4.69, 9.17) is 4.42 Å². The van der Waals surface area contributed by atoms with Crippen molar-refractivity contribution in [3.63, 3.8) is 0 Å². The smallest absolute Gasteiger partial charge is 0.291 e. The molecule has 2 aromatic rings. The van der Waals surface area contributed by atoms with Crippen LogP contribution in [0.1, 0.15) is 41.6 Å². The SMILES string of the molecule is CCc1ccc(C(=O)Nc2c(C)nn(CC)c2C)o1. The van der Waals surface area contributed by atoms with E-state index in [-0.39, 0.29) is 5.91 Å². The zero-order valence-corrected chi connectivity index (χ0v) is 11.8. The minimum absolute atomic E-state index is 0.235. The molecule has 0 spiro atoms. The van der Waals surface area contributed by atoms with Crippen LogP contribution in [-0.2, 0) is 13.0 Å². The summed E-state index contributed by atoms with van der Waals surface area (Å²) in [5.41, 5.74) is 2.53. The maximum atomic E-state index is 12.1. The Balaban J connectivity index is 2.21. The maximum absolute atomic E-state index is 12.1. The zero-order valence-electron chi connectivity index (χ0n) is 11.8. The molecule has 2 aromatic heterocycles. The molecule has 0 saturated carbocycles. The van der Waals surface area contributed by atoms with Gasteiger partial charge in [-0.3, -0.25) is 9.48 Å². The van der Waals surface area contributed by atoms with Crippen LogP contribution in [0.15, 0.2) is 16.5 Å². The highest BCUT2D eigenvalue weighted by atomic mass is 16.3. The standard InChI is InChI=1S/C14H19N3O2/c1-5-11-7-8-12(19-11)14(18)15-13-9(3)16-17(6-2)10(13)4/h7-8H,5-6H2,1-4H3,(H,15,18). The molecule has 1 amide bonds. The predicted octanol–water partition coefficient (Wildman–Crippen LogP) is 2.93. The molecule has 0 aliphatic rings. The van der Waals surface area contributed by atoms with Crippen LogP contribution in [0.2, 0.25) is 0 Å². The summed E-state index contributed by atoms with van der Waals surface area (Å²) in [7, 11) is 0. The van der Waals surface area contributed by atoms with Gasteiger partial charge in [-0.1, -0.05) is 6.92 Å². The Kier molecular flexibility index (Phi) is 3.74. The van der Waals surface area contributed by atoms with Gasteiger partial charge >= 0.3 is 0 Å². The topological polar surface area (TPSA) is 60.1 Å². The first-order chi connectivity index (χ1) is 9.06. The van der Waals surface area contributed by atoms with Crippen molar-refractivity contribution >= 4 is 11.6 Å². The zero-order chi connectivity index (χ0) is 14.0. The molecule has 0 radical (unpaired) electrons. The predicted molar refractivity (Wildman–Crippen MR) is 73.4 cm³/mol. The maximum Gasteiger partial charge on any atom is 0.291 e. The lowest BCUT2D eigenvalue weighted by Crippen LogP contribution is -2.12. The number of rotatable bonds is 4. The van der Waals surface area contributed by atoms with Crippen LogP contribution in [-0.4, -0.2) is 15.7 Å². The number of anilines is 1. The van der Waals surface area contributed by atoms with Crippen LogP contribution in [0, 0.1) is 13.8 Å². The number of aromatic nitrogens is 2. The summed E-state index contributed by atoms with van der Waals surface area (Å²) < 4.78 is 7.31. The average molecular weight is 261 g/mol. The van der Waals surface area contributed by atoms with Gasteiger partial charge in [0.2, 0.25) is 0 Å². The Morgan fingerprint density at radius 3 is 2.63 bits per heavy atom. The molecule has 0 fully saturated rings. The number of amides is 1. The van der Waals surface area contributed by atoms with Crippen LogP contribution in [0.5, 0.6) is 0 Å². The molecule has 0 aliphatic carbocycles. The molecule has 19 heavy (non-hydrogen) atoms. The van der Waals surface area contributed by atoms with E-state index in [1.54, 1.807) is 6.07 Å². The fourth-order valence-corrected chi connectivity index (χ4v) is 2.05. The third-order valence-corrected chi connectivity index (χ3v) is 3.15. The minimum atomic E-state index is -0.235. The highest BCUT2D eigenvalue weighted by molar-refractivity contribution is 6.02. The normalized spacial score (nSPS) is 10.7. The second-order valence-electron chi connectivity index (χ2n) is 4.44. The molecule has 0 atom stereocenters. The molecule has 2 rings (SSSR count). The Morgan fingerprint density at radius 2 is 2.11 bits per heavy atom. The second-order valence-corrected chi connectivity index (χ2v) is 4.44. The van der Waals surface area contributed by atoms with Crippen LogP contribution in [0.4, 0.5) is 5.69 Å². The first kappa shape index (κ1) is 13.4. The Hall–Kier alpha value is -2.04. The average Bonchev–Trinajstić information content (AvgIpc) is 2.98. The third kappa shape index (κ3) is 2.54. The summed E-state index contributed by atoms with van der Waals surface area (Å²) in [5, 5.41) is 7.24. The lowest BCUT2D eigenvalue weighted by molar-refractivity contribution is 0.0995. The molecule has 0 aromatic carbocycles. The van der Waals surface area contributed by atoms with E-state index in [2.05, 4.69) is 10.4 Å². The molecule has 5 heteroatoms. The van der Waals surface area contributed by atoms with Gasteiger partial charge in [-0.25, -0.2) is 0 Å². The number of nitrogens with one attached hydrogen (secondary N) is 1. The van der Waals surface area contributed by atoms with Gasteiger partial charge in [0.1, 0.15) is 5.76 Å². The van der Waals surface area contributed by atoms with Crippen LogP contribution in [0.3, 0.4) is 0 Å². The lowest BCUT2D eigenvalue weighted by Gasteiger charge is -2.04. The van der Waals surface area contributed by atoms with Gasteiger partial charge in [0.15, 0.2) is 5.76 Å². The van der Waals surface area contributed by atoms with E-state index < -0.39 is 0 Å². The van der Waals surface area contributed by atoms with Crippen molar-refractivity contribution in [2.24, 2.45) is 0 Å². The molecule has 1 N–H and O–H groups in total. The van der Waals surface area contributed by atoms with Crippen molar-refractivity contribution in [3.8, 4) is 0 Å². The van der Waals surface area contributed by atoms with Crippen molar-refractivity contribution in [2.45, 2.75) is 40.7 Å². The molecular formula is C14H19N3O2. The van der Waals surface area contributed by atoms with Gasteiger partial charge < -0.3 is 9.73 Å². The molecule has 0 aliphatic heterocycles. The summed E-state index contributed by atoms with van der Waals surface area (Å²) in [6.07, 6.45) is 0.777. The summed E-state index contributed by atoms with van der Waals surface area (Å²) in [6.45, 7) is 8.61. The van der Waals surface area contributed by atoms with E-state index in [1.807, 2.05) is 38.4 Å². The van der Waals surface area contributed by atoms with E-state index >= 15 is 0 Å². The summed E-state index contributed by atoms with van der Waals surface area (Å²) in [6, 6.07) is 3.52. The molecule has 2 heterocycles. The molecular weight excluding hydrogens is 242 g/mol. The van der Waals surface area contributed by atoms with Gasteiger partial charge in [0.25, 0.3) is 5.91 Å². The second kappa shape index (κ2) is 5.30. The highest BCUT2D eigenvalue weighted by Crippen LogP contribution is 2.20. The number of nitrogens with zero attached hydrogens (tertiary/aromatic N) is 2. The van der Waals surface area contributed by atoms with Crippen molar-refractivity contribution < 1.29 is 9.21 Å². The largest absolute Gasteiger partial charge is 0.456 e. The molecule has 5 nitrogen and oxygen atoms in total. The molecule has 0 saturated heterocycles. The van der Waals surface area contributed by atoms with Crippen molar-refractivity contribution in [1.82, 2.24) is 9.78 Å². The van der Waals surface area contributed by atoms with E-state index in [0.717, 1.165) is 35.8 Å². The summed E-state index contributed by atoms with van der Waals surface area (Å²) >= 11 is 0. The van der Waals surface area contributed by atoms with Crippen molar-refractivity contribution in [2.75, 3.05) is 5.32 Å². The van der Waals surface area contributed by atoms with Crippen molar-refractivity contribution in [3.05, 3.63) is 35.0 Å². The minimum Gasteiger partial charge on any atom is -0.456 e. The van der Waals surface area contributed by atoms with E-state index in [0.29, 0.717) is 5.76 Å². The summed E-state index contributed by atoms with van der Waals surface area (Å²) in [4.78, 5) is 12.1. The van der Waals surface area contributed by atoms with Crippen LogP contribution < -0.4 is 5.32 Å². The Labute approximate surface area is 112 Å². The summed E-state index contributed by atoms with van der Waals surface area (Å²) in [5.74, 6) is 0.907. The van der Waals surface area contributed by atoms with Crippen molar-refractivity contribution in [1.29, 1.82) is 0 Å². The van der Waals surface area contributed by atoms with E-state index in [9.17, 15) is 4.79 Å². The Morgan fingerprint density at radius 1 is 1.37 bits per heavy atom. The monoisotopic (exact) mass is 261 g/mol.